The Morgan fingerprint density at radius 1 is 1.78 bits per heavy atom. The zero-order chi connectivity index (χ0) is 7.28. The van der Waals surface area contributed by atoms with E-state index in [9.17, 15) is 0 Å². The van der Waals surface area contributed by atoms with Crippen LogP contribution in [0, 0.1) is 5.41 Å². The highest BCUT2D eigenvalue weighted by Crippen LogP contribution is 2.02. The summed E-state index contributed by atoms with van der Waals surface area (Å²) in [4.78, 5) is 0. The van der Waals surface area contributed by atoms with Crippen molar-refractivity contribution in [3.8, 4) is 0 Å². The van der Waals surface area contributed by atoms with E-state index in [0.29, 0.717) is 11.5 Å². The smallest absolute Gasteiger partial charge is 0.105 e. The summed E-state index contributed by atoms with van der Waals surface area (Å²) in [5, 5.41) is 7.05. The summed E-state index contributed by atoms with van der Waals surface area (Å²) in [5.41, 5.74) is 0.635. The summed E-state index contributed by atoms with van der Waals surface area (Å²) >= 11 is 0. The molecule has 1 nitrogen and oxygen atoms in total. The Bertz CT molecular complexity index is 116. The molecule has 0 unspecified atom stereocenters. The van der Waals surface area contributed by atoms with Crippen LogP contribution in [0.5, 0.6) is 0 Å². The lowest BCUT2D eigenvalue weighted by Gasteiger charge is -1.94. The molecule has 50 valence electrons. The maximum absolute atomic E-state index is 7.05. The van der Waals surface area contributed by atoms with Crippen molar-refractivity contribution in [1.29, 1.82) is 5.41 Å². The Kier molecular flexibility index (Phi) is 4.11. The Labute approximate surface area is 58.1 Å². The first-order valence-corrected chi connectivity index (χ1v) is 3.34. The summed E-state index contributed by atoms with van der Waals surface area (Å²) in [6.07, 6.45) is 4.98. The average molecular weight is 123 g/mol. The molecule has 0 saturated carbocycles. The fraction of sp³-hybridized carbons (Fsp3) is 0.571. The van der Waals surface area contributed by atoms with Crippen LogP contribution in [0.15, 0.2) is 12.2 Å². The normalized spacial score (nSPS) is 14.0. The minimum atomic E-state index is 0.635. The predicted molar refractivity (Wildman–Crippen MR) is 45.1 cm³/mol. The summed E-state index contributed by atoms with van der Waals surface area (Å²) in [7, 11) is 2.17. The fourth-order valence-corrected chi connectivity index (χ4v) is 0.517. The molecule has 0 aromatic carbocycles. The molecule has 0 bridgehead atoms. The van der Waals surface area contributed by atoms with Crippen molar-refractivity contribution in [1.82, 2.24) is 0 Å². The van der Waals surface area contributed by atoms with Crippen molar-refractivity contribution in [3.05, 3.63) is 12.2 Å². The molecular weight excluding hydrogens is 109 g/mol. The Morgan fingerprint density at radius 3 is 2.67 bits per heavy atom. The highest BCUT2D eigenvalue weighted by molar-refractivity contribution is 6.11. The van der Waals surface area contributed by atoms with E-state index in [0.717, 1.165) is 6.42 Å². The van der Waals surface area contributed by atoms with Gasteiger partial charge in [0.05, 0.1) is 0 Å². The minimum Gasteiger partial charge on any atom is -0.306 e. The van der Waals surface area contributed by atoms with Gasteiger partial charge in [-0.15, -0.1) is 0 Å². The van der Waals surface area contributed by atoms with Crippen LogP contribution < -0.4 is 0 Å². The summed E-state index contributed by atoms with van der Waals surface area (Å²) in [5.74, 6) is 0.709. The summed E-state index contributed by atoms with van der Waals surface area (Å²) < 4.78 is 0. The maximum Gasteiger partial charge on any atom is 0.105 e. The predicted octanol–water partition coefficient (Wildman–Crippen LogP) is 1.41. The second-order valence-electron chi connectivity index (χ2n) is 2.71. The first-order chi connectivity index (χ1) is 4.13. The van der Waals surface area contributed by atoms with E-state index in [-0.39, 0.29) is 0 Å². The second kappa shape index (κ2) is 4.36. The number of rotatable bonds is 3. The van der Waals surface area contributed by atoms with Gasteiger partial charge < -0.3 is 5.41 Å². The topological polar surface area (TPSA) is 23.9 Å². The third-order valence-electron chi connectivity index (χ3n) is 0.975. The van der Waals surface area contributed by atoms with Gasteiger partial charge in [-0.25, -0.2) is 0 Å². The van der Waals surface area contributed by atoms with Crippen molar-refractivity contribution in [2.45, 2.75) is 26.1 Å². The number of hydrogen-bond acceptors (Lipinski definition) is 1. The van der Waals surface area contributed by atoms with Crippen LogP contribution in [0.4, 0.5) is 0 Å². The van der Waals surface area contributed by atoms with Gasteiger partial charge in [-0.1, -0.05) is 18.8 Å². The van der Waals surface area contributed by atoms with Gasteiger partial charge in [0.15, 0.2) is 0 Å². The lowest BCUT2D eigenvalue weighted by atomic mass is 9.86. The zero-order valence-electron chi connectivity index (χ0n) is 6.44. The largest absolute Gasteiger partial charge is 0.306 e. The third kappa shape index (κ3) is 7.47. The molecule has 0 radical (unpaired) electrons. The third-order valence-corrected chi connectivity index (χ3v) is 0.975. The highest BCUT2D eigenvalue weighted by Gasteiger charge is 1.86. The van der Waals surface area contributed by atoms with Crippen LogP contribution in [-0.2, 0) is 0 Å². The molecule has 0 aliphatic rings. The van der Waals surface area contributed by atoms with Gasteiger partial charge >= 0.3 is 0 Å². The minimum absolute atomic E-state index is 0.635. The van der Waals surface area contributed by atoms with Crippen molar-refractivity contribution in [2.24, 2.45) is 0 Å². The molecule has 0 rings (SSSR count). The molecule has 0 heterocycles. The molecule has 0 amide bonds. The number of allylic oxidation sites excluding steroid dienone is 2. The first kappa shape index (κ1) is 8.47. The van der Waals surface area contributed by atoms with Crippen LogP contribution in [0.2, 0.25) is 5.82 Å². The first-order valence-electron chi connectivity index (χ1n) is 3.34. The van der Waals surface area contributed by atoms with Crippen molar-refractivity contribution < 1.29 is 0 Å². The van der Waals surface area contributed by atoms with Gasteiger partial charge in [-0.05, 0) is 19.4 Å². The van der Waals surface area contributed by atoms with E-state index in [2.05, 4.69) is 14.8 Å². The average Bonchev–Trinajstić information content (AvgIpc) is 1.63. The van der Waals surface area contributed by atoms with Crippen LogP contribution in [0.3, 0.4) is 0 Å². The van der Waals surface area contributed by atoms with Gasteiger partial charge in [0.2, 0.25) is 0 Å². The van der Waals surface area contributed by atoms with Crippen LogP contribution in [0.1, 0.15) is 20.3 Å². The van der Waals surface area contributed by atoms with Gasteiger partial charge in [-0.2, -0.15) is 0 Å². The van der Waals surface area contributed by atoms with Crippen molar-refractivity contribution in [2.75, 3.05) is 0 Å². The monoisotopic (exact) mass is 123 g/mol. The van der Waals surface area contributed by atoms with Crippen LogP contribution in [-0.4, -0.2) is 13.6 Å². The van der Waals surface area contributed by atoms with E-state index in [1.807, 2.05) is 12.2 Å². The fourth-order valence-electron chi connectivity index (χ4n) is 0.517. The van der Waals surface area contributed by atoms with Gasteiger partial charge in [-0.3, -0.25) is 0 Å². The van der Waals surface area contributed by atoms with Crippen LogP contribution in [0.25, 0.3) is 0 Å². The van der Waals surface area contributed by atoms with Crippen molar-refractivity contribution in [3.63, 3.8) is 0 Å². The molecule has 0 aromatic heterocycles. The van der Waals surface area contributed by atoms with E-state index in [1.165, 1.54) is 0 Å². The van der Waals surface area contributed by atoms with Gasteiger partial charge in [0.1, 0.15) is 7.85 Å². The molecule has 9 heavy (non-hydrogen) atoms. The standard InChI is InChI=1S/C7H14BN/c1-6(8)4-3-5-7(2)9/h3,5-6,9H,4,8H2,1-2H3/b5-3-,9-7?/t6-/m1/s1. The number of hydrogen-bond donors (Lipinski definition) is 1. The Balaban J connectivity index is 3.36. The highest BCUT2D eigenvalue weighted by atomic mass is 14.4. The molecule has 2 heteroatoms. The summed E-state index contributed by atoms with van der Waals surface area (Å²) in [6.45, 7) is 3.96. The van der Waals surface area contributed by atoms with E-state index in [4.69, 9.17) is 5.41 Å². The molecule has 0 fully saturated rings. The van der Waals surface area contributed by atoms with Gasteiger partial charge in [0.25, 0.3) is 0 Å². The SMILES string of the molecule is B[C@H](C)C/C=C\C(C)=N. The molecule has 1 N–H and O–H groups in total. The second-order valence-corrected chi connectivity index (χ2v) is 2.71. The van der Waals surface area contributed by atoms with E-state index >= 15 is 0 Å². The lowest BCUT2D eigenvalue weighted by molar-refractivity contribution is 0.952. The van der Waals surface area contributed by atoms with Gasteiger partial charge in [0, 0.05) is 5.71 Å². The van der Waals surface area contributed by atoms with E-state index < -0.39 is 0 Å². The molecule has 0 aliphatic heterocycles. The Morgan fingerprint density at radius 2 is 2.33 bits per heavy atom. The quantitative estimate of drug-likeness (QED) is 0.433. The zero-order valence-corrected chi connectivity index (χ0v) is 6.44. The number of nitrogens with one attached hydrogen (secondary N) is 1. The molecular formula is C7H14BN. The molecule has 0 aliphatic carbocycles. The Hall–Kier alpha value is -0.525. The maximum atomic E-state index is 7.05. The van der Waals surface area contributed by atoms with Crippen LogP contribution >= 0.6 is 0 Å². The molecule has 0 saturated heterocycles. The summed E-state index contributed by atoms with van der Waals surface area (Å²) in [6, 6.07) is 0. The molecule has 0 aromatic rings. The van der Waals surface area contributed by atoms with E-state index in [1.54, 1.807) is 6.92 Å². The molecule has 0 spiro atoms. The van der Waals surface area contributed by atoms with Crippen molar-refractivity contribution >= 4 is 13.6 Å². The lowest BCUT2D eigenvalue weighted by Crippen LogP contribution is -1.83. The molecule has 1 atom stereocenters.